The lowest BCUT2D eigenvalue weighted by Crippen LogP contribution is -2.57. The van der Waals surface area contributed by atoms with Crippen molar-refractivity contribution in [2.24, 2.45) is 4.99 Å². The van der Waals surface area contributed by atoms with Crippen LogP contribution in [0.4, 0.5) is 0 Å². The van der Waals surface area contributed by atoms with Gasteiger partial charge in [0, 0.05) is 46.3 Å². The summed E-state index contributed by atoms with van der Waals surface area (Å²) in [6.07, 6.45) is 2.21. The Morgan fingerprint density at radius 1 is 1.10 bits per heavy atom. The minimum atomic E-state index is -0.0546. The molecule has 2 unspecified atom stereocenters. The summed E-state index contributed by atoms with van der Waals surface area (Å²) in [7, 11) is 1.80. The number of aliphatic imine (C=N–C) groups is 1. The monoisotopic (exact) mass is 563 g/mol. The van der Waals surface area contributed by atoms with Gasteiger partial charge in [-0.3, -0.25) is 14.7 Å². The predicted octanol–water partition coefficient (Wildman–Crippen LogP) is 2.93. The fourth-order valence-electron chi connectivity index (χ4n) is 4.04. The third kappa shape index (κ3) is 7.12. The molecule has 0 aliphatic carbocycles. The van der Waals surface area contributed by atoms with Gasteiger partial charge >= 0.3 is 0 Å². The van der Waals surface area contributed by atoms with Crippen molar-refractivity contribution in [2.75, 3.05) is 52.9 Å². The Labute approximate surface area is 208 Å². The molecular formula is C22H35ClIN5O2. The number of benzene rings is 1. The van der Waals surface area contributed by atoms with Crippen LogP contribution in [0.5, 0.6) is 5.75 Å². The molecule has 174 valence electrons. The molecule has 1 N–H and O–H groups in total. The van der Waals surface area contributed by atoms with Gasteiger partial charge in [0.2, 0.25) is 5.91 Å². The molecule has 2 saturated heterocycles. The highest BCUT2D eigenvalue weighted by Crippen LogP contribution is 2.24. The van der Waals surface area contributed by atoms with E-state index in [9.17, 15) is 4.79 Å². The normalized spacial score (nSPS) is 19.5. The largest absolute Gasteiger partial charge is 0.487 e. The van der Waals surface area contributed by atoms with Gasteiger partial charge in [0.05, 0.1) is 17.6 Å². The molecule has 0 spiro atoms. The number of nitrogens with zero attached hydrogens (tertiary/aromatic N) is 4. The van der Waals surface area contributed by atoms with Gasteiger partial charge in [-0.25, -0.2) is 0 Å². The fraction of sp³-hybridized carbons (Fsp3) is 0.636. The smallest absolute Gasteiger partial charge is 0.239 e. The zero-order valence-electron chi connectivity index (χ0n) is 18.7. The topological polar surface area (TPSA) is 60.4 Å². The van der Waals surface area contributed by atoms with Gasteiger partial charge in [-0.15, -0.1) is 24.0 Å². The Balaban J connectivity index is 0.00000341. The molecule has 1 amide bonds. The van der Waals surface area contributed by atoms with Crippen molar-refractivity contribution < 1.29 is 9.53 Å². The van der Waals surface area contributed by atoms with E-state index in [1.807, 2.05) is 43.0 Å². The molecule has 9 heteroatoms. The number of para-hydroxylation sites is 1. The van der Waals surface area contributed by atoms with E-state index in [2.05, 4.69) is 20.1 Å². The number of likely N-dealkylation sites (tertiary alicyclic amines) is 1. The van der Waals surface area contributed by atoms with E-state index in [1.54, 1.807) is 7.05 Å². The van der Waals surface area contributed by atoms with E-state index in [0.29, 0.717) is 17.3 Å². The zero-order chi connectivity index (χ0) is 21.5. The fourth-order valence-corrected chi connectivity index (χ4v) is 4.23. The first kappa shape index (κ1) is 26.0. The van der Waals surface area contributed by atoms with Crippen LogP contribution in [0.1, 0.15) is 26.7 Å². The summed E-state index contributed by atoms with van der Waals surface area (Å²) < 4.78 is 5.93. The zero-order valence-corrected chi connectivity index (χ0v) is 21.8. The number of nitrogens with one attached hydrogen (secondary N) is 1. The van der Waals surface area contributed by atoms with E-state index in [4.69, 9.17) is 16.3 Å². The molecular weight excluding hydrogens is 529 g/mol. The molecule has 0 saturated carbocycles. The minimum Gasteiger partial charge on any atom is -0.487 e. The number of amides is 1. The highest BCUT2D eigenvalue weighted by molar-refractivity contribution is 14.0. The third-order valence-electron chi connectivity index (χ3n) is 5.86. The molecule has 1 aromatic rings. The number of guanidine groups is 1. The van der Waals surface area contributed by atoms with Crippen LogP contribution in [0.2, 0.25) is 5.02 Å². The van der Waals surface area contributed by atoms with Gasteiger partial charge < -0.3 is 19.9 Å². The van der Waals surface area contributed by atoms with Crippen LogP contribution in [0.25, 0.3) is 0 Å². The SMILES string of the molecule is CN=C(NCC(C)Oc1ccccc1Cl)N1CCN(C(C)C(=O)N2CCCC2)CC1.I. The lowest BCUT2D eigenvalue weighted by atomic mass is 10.2. The first-order chi connectivity index (χ1) is 14.5. The maximum absolute atomic E-state index is 12.7. The summed E-state index contributed by atoms with van der Waals surface area (Å²) in [6, 6.07) is 7.45. The number of carbonyl (C=O) groups excluding carboxylic acids is 1. The number of hydrogen-bond donors (Lipinski definition) is 1. The Hall–Kier alpha value is -1.26. The average molecular weight is 564 g/mol. The van der Waals surface area contributed by atoms with Crippen molar-refractivity contribution in [3.05, 3.63) is 29.3 Å². The number of halogens is 2. The van der Waals surface area contributed by atoms with Gasteiger partial charge in [-0.2, -0.15) is 0 Å². The van der Waals surface area contributed by atoms with Crippen LogP contribution in [-0.2, 0) is 4.79 Å². The molecule has 0 bridgehead atoms. The summed E-state index contributed by atoms with van der Waals surface area (Å²) >= 11 is 6.17. The van der Waals surface area contributed by atoms with E-state index < -0.39 is 0 Å². The van der Waals surface area contributed by atoms with Gasteiger partial charge in [-0.05, 0) is 38.8 Å². The summed E-state index contributed by atoms with van der Waals surface area (Å²) in [5, 5.41) is 4.02. The Bertz CT molecular complexity index is 736. The van der Waals surface area contributed by atoms with Crippen LogP contribution in [0.3, 0.4) is 0 Å². The molecule has 3 rings (SSSR count). The van der Waals surface area contributed by atoms with Gasteiger partial charge in [0.1, 0.15) is 11.9 Å². The number of rotatable bonds is 6. The van der Waals surface area contributed by atoms with Crippen molar-refractivity contribution in [2.45, 2.75) is 38.8 Å². The van der Waals surface area contributed by atoms with E-state index in [0.717, 1.165) is 58.1 Å². The highest BCUT2D eigenvalue weighted by Gasteiger charge is 2.30. The van der Waals surface area contributed by atoms with Crippen molar-refractivity contribution in [1.29, 1.82) is 0 Å². The van der Waals surface area contributed by atoms with Crippen molar-refractivity contribution in [1.82, 2.24) is 20.0 Å². The van der Waals surface area contributed by atoms with E-state index in [-0.39, 0.29) is 42.0 Å². The van der Waals surface area contributed by atoms with Crippen LogP contribution >= 0.6 is 35.6 Å². The maximum Gasteiger partial charge on any atom is 0.239 e. The second-order valence-electron chi connectivity index (χ2n) is 8.02. The second-order valence-corrected chi connectivity index (χ2v) is 8.43. The van der Waals surface area contributed by atoms with Crippen molar-refractivity contribution in [3.8, 4) is 5.75 Å². The number of hydrogen-bond acceptors (Lipinski definition) is 4. The van der Waals surface area contributed by atoms with E-state index in [1.165, 1.54) is 0 Å². The molecule has 0 radical (unpaired) electrons. The number of carbonyl (C=O) groups is 1. The van der Waals surface area contributed by atoms with Crippen LogP contribution in [0.15, 0.2) is 29.3 Å². The summed E-state index contributed by atoms with van der Waals surface area (Å²) in [4.78, 5) is 23.7. The van der Waals surface area contributed by atoms with Crippen molar-refractivity contribution >= 4 is 47.4 Å². The third-order valence-corrected chi connectivity index (χ3v) is 6.17. The molecule has 2 aliphatic heterocycles. The van der Waals surface area contributed by atoms with Crippen molar-refractivity contribution in [3.63, 3.8) is 0 Å². The summed E-state index contributed by atoms with van der Waals surface area (Å²) in [5.74, 6) is 1.82. The maximum atomic E-state index is 12.7. The molecule has 2 heterocycles. The number of piperazine rings is 1. The molecule has 0 aromatic heterocycles. The van der Waals surface area contributed by atoms with Gasteiger partial charge in [0.15, 0.2) is 5.96 Å². The molecule has 2 aliphatic rings. The van der Waals surface area contributed by atoms with Gasteiger partial charge in [-0.1, -0.05) is 23.7 Å². The first-order valence-electron chi connectivity index (χ1n) is 10.9. The molecule has 2 fully saturated rings. The average Bonchev–Trinajstić information content (AvgIpc) is 3.30. The Kier molecular flexibility index (Phi) is 10.6. The predicted molar refractivity (Wildman–Crippen MR) is 137 cm³/mol. The standard InChI is InChI=1S/C22H34ClN5O2.HI/c1-17(30-20-9-5-4-8-19(20)23)16-25-22(24-3)28-14-12-26(13-15-28)18(2)21(29)27-10-6-7-11-27;/h4-5,8-9,17-18H,6-7,10-16H2,1-3H3,(H,24,25);1H. The number of ether oxygens (including phenoxy) is 1. The molecule has 7 nitrogen and oxygen atoms in total. The van der Waals surface area contributed by atoms with Crippen LogP contribution in [0, 0.1) is 0 Å². The molecule has 31 heavy (non-hydrogen) atoms. The Morgan fingerprint density at radius 2 is 1.74 bits per heavy atom. The lowest BCUT2D eigenvalue weighted by Gasteiger charge is -2.39. The second kappa shape index (κ2) is 12.7. The lowest BCUT2D eigenvalue weighted by molar-refractivity contribution is -0.135. The summed E-state index contributed by atoms with van der Waals surface area (Å²) in [5.41, 5.74) is 0. The Morgan fingerprint density at radius 3 is 2.35 bits per heavy atom. The molecule has 2 atom stereocenters. The summed E-state index contributed by atoms with van der Waals surface area (Å²) in [6.45, 7) is 9.89. The van der Waals surface area contributed by atoms with Gasteiger partial charge in [0.25, 0.3) is 0 Å². The minimum absolute atomic E-state index is 0. The molecule has 1 aromatic carbocycles. The first-order valence-corrected chi connectivity index (χ1v) is 11.3. The van der Waals surface area contributed by atoms with Crippen LogP contribution in [-0.4, -0.2) is 91.6 Å². The highest BCUT2D eigenvalue weighted by atomic mass is 127. The van der Waals surface area contributed by atoms with E-state index >= 15 is 0 Å². The quantitative estimate of drug-likeness (QED) is 0.328. The van der Waals surface area contributed by atoms with Crippen LogP contribution < -0.4 is 10.1 Å².